The van der Waals surface area contributed by atoms with Crippen molar-refractivity contribution in [2.45, 2.75) is 0 Å². The Morgan fingerprint density at radius 2 is 0.833 bits per heavy atom. The molecule has 0 aromatic rings. The average Bonchev–Trinajstić information content (AvgIpc) is 0. The SMILES string of the molecule is [Ca+2].[H-].[H-].[H-].[H-].[H-].[H-].[H-].[K+].[Li+].[Li+].[Li+].[Na+]. The molecular weight excluding hydrogens is 123 g/mol. The van der Waals surface area contributed by atoms with E-state index in [-0.39, 0.29) is 185 Å². The van der Waals surface area contributed by atoms with Crippen LogP contribution in [0.25, 0.3) is 0 Å². The Morgan fingerprint density at radius 1 is 0.833 bits per heavy atom. The van der Waals surface area contributed by atoms with Crippen molar-refractivity contribution in [3.8, 4) is 0 Å². The summed E-state index contributed by atoms with van der Waals surface area (Å²) in [6.45, 7) is 0. The maximum Gasteiger partial charge on any atom is 2.00 e. The van der Waals surface area contributed by atoms with Gasteiger partial charge in [0, 0.05) is 0 Å². The fraction of sp³-hybridized carbons (Fsp3) is 0. The van der Waals surface area contributed by atoms with Gasteiger partial charge < -0.3 is 9.99 Å². The topological polar surface area (TPSA) is 0 Å². The van der Waals surface area contributed by atoms with Crippen LogP contribution in [0.15, 0.2) is 0 Å². The molecule has 0 fully saturated rings. The molecule has 0 nitrogen and oxygen atoms in total. The van der Waals surface area contributed by atoms with Crippen LogP contribution in [0.3, 0.4) is 0 Å². The summed E-state index contributed by atoms with van der Waals surface area (Å²) in [4.78, 5) is 0. The fourth-order valence-electron chi connectivity index (χ4n) is 0. The standard InChI is InChI=1S/Ca.K.3Li.Na.7H/q+2;5*+1;7*-1. The Bertz CT molecular complexity index is 23.7. The van der Waals surface area contributed by atoms with E-state index in [4.69, 9.17) is 0 Å². The maximum atomic E-state index is 0. The third kappa shape index (κ3) is 22.6. The first-order valence-corrected chi connectivity index (χ1v) is 0. The Labute approximate surface area is 180 Å². The minimum absolute atomic E-state index is 0. The first-order chi connectivity index (χ1) is 0. The van der Waals surface area contributed by atoms with E-state index in [1.807, 2.05) is 0 Å². The summed E-state index contributed by atoms with van der Waals surface area (Å²) in [5, 5.41) is 0. The number of hydrogen-bond acceptors (Lipinski definition) is 0. The van der Waals surface area contributed by atoms with E-state index in [9.17, 15) is 0 Å². The van der Waals surface area contributed by atoms with E-state index < -0.39 is 0 Å². The van der Waals surface area contributed by atoms with Crippen molar-refractivity contribution < 1.29 is 148 Å². The van der Waals surface area contributed by atoms with Crippen molar-refractivity contribution in [1.29, 1.82) is 0 Å². The van der Waals surface area contributed by atoms with Gasteiger partial charge in [0.25, 0.3) is 0 Å². The fourth-order valence-corrected chi connectivity index (χ4v) is 0. The second kappa shape index (κ2) is 31.0. The van der Waals surface area contributed by atoms with Gasteiger partial charge in [0.2, 0.25) is 0 Å². The summed E-state index contributed by atoms with van der Waals surface area (Å²) in [5.74, 6) is 0. The van der Waals surface area contributed by atoms with Gasteiger partial charge in [-0.3, -0.25) is 0 Å². The zero-order valence-corrected chi connectivity index (χ0v) is 13.0. The van der Waals surface area contributed by atoms with E-state index in [1.54, 1.807) is 0 Å². The van der Waals surface area contributed by atoms with Crippen molar-refractivity contribution in [2.75, 3.05) is 0 Å². The minimum Gasteiger partial charge on any atom is -1.00 e. The van der Waals surface area contributed by atoms with Crippen LogP contribution in [0.4, 0.5) is 0 Å². The number of hydrogen-bond donors (Lipinski definition) is 0. The van der Waals surface area contributed by atoms with Crippen LogP contribution < -0.4 is 138 Å². The monoisotopic (exact) mass is 130 g/mol. The molecule has 0 bridgehead atoms. The van der Waals surface area contributed by atoms with Crippen LogP contribution in [-0.2, 0) is 0 Å². The second-order valence-corrected chi connectivity index (χ2v) is 0. The van der Waals surface area contributed by atoms with E-state index in [0.717, 1.165) is 0 Å². The van der Waals surface area contributed by atoms with E-state index >= 15 is 0 Å². The molecule has 0 aliphatic heterocycles. The third-order valence-corrected chi connectivity index (χ3v) is 0. The zero-order chi connectivity index (χ0) is 0. The second-order valence-electron chi connectivity index (χ2n) is 0. The molecule has 0 radical (unpaired) electrons. The summed E-state index contributed by atoms with van der Waals surface area (Å²) in [5.41, 5.74) is 0. The third-order valence-electron chi connectivity index (χ3n) is 0. The van der Waals surface area contributed by atoms with Crippen LogP contribution in [-0.4, -0.2) is 37.7 Å². The Hall–Kier alpha value is 5.69. The summed E-state index contributed by atoms with van der Waals surface area (Å²) in [7, 11) is 0. The van der Waals surface area contributed by atoms with Gasteiger partial charge in [-0.05, 0) is 0 Å². The molecule has 0 unspecified atom stereocenters. The molecule has 0 rings (SSSR count). The van der Waals surface area contributed by atoms with E-state index in [1.165, 1.54) is 0 Å². The summed E-state index contributed by atoms with van der Waals surface area (Å²) in [6.07, 6.45) is 0. The van der Waals surface area contributed by atoms with E-state index in [0.29, 0.717) is 0 Å². The molecule has 6 heavy (non-hydrogen) atoms. The van der Waals surface area contributed by atoms with Gasteiger partial charge in [0.15, 0.2) is 0 Å². The van der Waals surface area contributed by atoms with E-state index in [2.05, 4.69) is 0 Å². The molecule has 0 saturated carbocycles. The van der Waals surface area contributed by atoms with Gasteiger partial charge in [0.05, 0.1) is 0 Å². The summed E-state index contributed by atoms with van der Waals surface area (Å²) in [6, 6.07) is 0. The smallest absolute Gasteiger partial charge is 1.00 e. The van der Waals surface area contributed by atoms with Crippen molar-refractivity contribution in [2.24, 2.45) is 0 Å². The zero-order valence-electron chi connectivity index (χ0n) is 12.7. The Kier molecular flexibility index (Phi) is 213. The van der Waals surface area contributed by atoms with Crippen molar-refractivity contribution in [3.63, 3.8) is 0 Å². The Morgan fingerprint density at radius 3 is 0.833 bits per heavy atom. The normalized spacial score (nSPS) is 0. The average molecular weight is 130 g/mol. The molecule has 14 valence electrons. The van der Waals surface area contributed by atoms with Gasteiger partial charge in [-0.15, -0.1) is 0 Å². The molecule has 0 atom stereocenters. The molecule has 0 aromatic carbocycles. The van der Waals surface area contributed by atoms with Crippen molar-refractivity contribution in [1.82, 2.24) is 0 Å². The first kappa shape index (κ1) is 41.3. The maximum absolute atomic E-state index is 0. The quantitative estimate of drug-likeness (QED) is 0.286. The molecule has 0 saturated heterocycles. The van der Waals surface area contributed by atoms with Crippen molar-refractivity contribution >= 4 is 37.7 Å². The van der Waals surface area contributed by atoms with Crippen molar-refractivity contribution in [3.05, 3.63) is 0 Å². The predicted molar refractivity (Wildman–Crippen MR) is 13.5 cm³/mol. The molecule has 0 aliphatic rings. The molecule has 0 heterocycles. The molecule has 6 heteroatoms. The van der Waals surface area contributed by atoms with Crippen LogP contribution in [0, 0.1) is 0 Å². The molecule has 0 aromatic heterocycles. The molecular formula is H7CaKLi3Na. The molecule has 0 amide bonds. The largest absolute Gasteiger partial charge is 2.00 e. The van der Waals surface area contributed by atoms with Gasteiger partial charge >= 0.3 is 175 Å². The summed E-state index contributed by atoms with van der Waals surface area (Å²) >= 11 is 0. The minimum atomic E-state index is 0. The first-order valence-electron chi connectivity index (χ1n) is 0. The van der Waals surface area contributed by atoms with Gasteiger partial charge in [-0.25, -0.2) is 0 Å². The van der Waals surface area contributed by atoms with Gasteiger partial charge in [0.1, 0.15) is 0 Å². The van der Waals surface area contributed by atoms with Crippen LogP contribution >= 0.6 is 0 Å². The van der Waals surface area contributed by atoms with Crippen LogP contribution in [0.5, 0.6) is 0 Å². The van der Waals surface area contributed by atoms with Crippen LogP contribution in [0.2, 0.25) is 0 Å². The van der Waals surface area contributed by atoms with Crippen LogP contribution in [0.1, 0.15) is 9.99 Å². The number of rotatable bonds is 0. The van der Waals surface area contributed by atoms with Gasteiger partial charge in [-0.1, -0.05) is 0 Å². The predicted octanol–water partition coefficient (Wildman–Crippen LogP) is -14.6. The molecule has 0 aliphatic carbocycles. The molecule has 0 N–H and O–H groups in total. The van der Waals surface area contributed by atoms with Gasteiger partial charge in [-0.2, -0.15) is 0 Å². The molecule has 0 spiro atoms. The Balaban J connectivity index is 0. The summed E-state index contributed by atoms with van der Waals surface area (Å²) < 4.78 is 0.